The molecule has 1 fully saturated rings. The second-order valence-corrected chi connectivity index (χ2v) is 5.21. The quantitative estimate of drug-likeness (QED) is 0.731. The van der Waals surface area contributed by atoms with Crippen LogP contribution in [0.15, 0.2) is 36.5 Å². The Hall–Kier alpha value is -1.37. The summed E-state index contributed by atoms with van der Waals surface area (Å²) in [6, 6.07) is 10.9. The topological polar surface area (TPSA) is 12.9 Å². The van der Waals surface area contributed by atoms with Crippen molar-refractivity contribution in [2.45, 2.75) is 26.2 Å². The SMILES string of the molecule is CC(C)[C@H]1C[C@@H]1c1ccc2ncccc2c1. The third kappa shape index (κ3) is 1.60. The van der Waals surface area contributed by atoms with Crippen molar-refractivity contribution in [3.8, 4) is 0 Å². The van der Waals surface area contributed by atoms with Crippen LogP contribution in [0.1, 0.15) is 31.7 Å². The van der Waals surface area contributed by atoms with E-state index in [9.17, 15) is 0 Å². The van der Waals surface area contributed by atoms with E-state index < -0.39 is 0 Å². The summed E-state index contributed by atoms with van der Waals surface area (Å²) >= 11 is 0. The van der Waals surface area contributed by atoms with Crippen LogP contribution in [0, 0.1) is 11.8 Å². The largest absolute Gasteiger partial charge is 0.256 e. The van der Waals surface area contributed by atoms with Gasteiger partial charge in [0.1, 0.15) is 0 Å². The Balaban J connectivity index is 1.95. The zero-order valence-corrected chi connectivity index (χ0v) is 9.85. The average Bonchev–Trinajstić information content (AvgIpc) is 3.08. The lowest BCUT2D eigenvalue weighted by molar-refractivity contribution is 0.549. The van der Waals surface area contributed by atoms with Crippen LogP contribution in [0.25, 0.3) is 10.9 Å². The van der Waals surface area contributed by atoms with Crippen LogP contribution in [0.2, 0.25) is 0 Å². The van der Waals surface area contributed by atoms with E-state index in [1.54, 1.807) is 0 Å². The fourth-order valence-corrected chi connectivity index (χ4v) is 2.66. The Morgan fingerprint density at radius 3 is 2.88 bits per heavy atom. The molecule has 1 heterocycles. The van der Waals surface area contributed by atoms with Crippen molar-refractivity contribution in [3.63, 3.8) is 0 Å². The molecule has 1 saturated carbocycles. The number of benzene rings is 1. The number of fused-ring (bicyclic) bond motifs is 1. The number of hydrogen-bond acceptors (Lipinski definition) is 1. The summed E-state index contributed by atoms with van der Waals surface area (Å²) in [6.45, 7) is 4.65. The van der Waals surface area contributed by atoms with E-state index in [2.05, 4.69) is 43.1 Å². The maximum Gasteiger partial charge on any atom is 0.0702 e. The summed E-state index contributed by atoms with van der Waals surface area (Å²) in [5.41, 5.74) is 2.60. The lowest BCUT2D eigenvalue weighted by Crippen LogP contribution is -1.92. The second-order valence-electron chi connectivity index (χ2n) is 5.21. The molecule has 0 unspecified atom stereocenters. The fraction of sp³-hybridized carbons (Fsp3) is 0.400. The van der Waals surface area contributed by atoms with Gasteiger partial charge in [0.15, 0.2) is 0 Å². The van der Waals surface area contributed by atoms with Crippen molar-refractivity contribution in [1.82, 2.24) is 4.98 Å². The van der Waals surface area contributed by atoms with Gasteiger partial charge >= 0.3 is 0 Å². The van der Waals surface area contributed by atoms with Gasteiger partial charge in [-0.3, -0.25) is 4.98 Å². The third-order valence-electron chi connectivity index (χ3n) is 3.75. The first-order valence-electron chi connectivity index (χ1n) is 6.10. The molecule has 1 heteroatoms. The minimum Gasteiger partial charge on any atom is -0.256 e. The van der Waals surface area contributed by atoms with Crippen molar-refractivity contribution in [3.05, 3.63) is 42.1 Å². The van der Waals surface area contributed by atoms with Gasteiger partial charge in [0.05, 0.1) is 5.52 Å². The Kier molecular flexibility index (Phi) is 2.20. The number of pyridine rings is 1. The van der Waals surface area contributed by atoms with Gasteiger partial charge in [-0.05, 0) is 47.9 Å². The number of hydrogen-bond donors (Lipinski definition) is 0. The van der Waals surface area contributed by atoms with Gasteiger partial charge in [0, 0.05) is 11.6 Å². The van der Waals surface area contributed by atoms with E-state index in [-0.39, 0.29) is 0 Å². The van der Waals surface area contributed by atoms with Crippen LogP contribution in [0.4, 0.5) is 0 Å². The molecule has 0 amide bonds. The Labute approximate surface area is 96.5 Å². The lowest BCUT2D eigenvalue weighted by atomic mass is 10.0. The second kappa shape index (κ2) is 3.58. The molecule has 0 radical (unpaired) electrons. The maximum absolute atomic E-state index is 4.36. The molecule has 0 bridgehead atoms. The minimum atomic E-state index is 0.796. The molecule has 1 nitrogen and oxygen atoms in total. The van der Waals surface area contributed by atoms with Gasteiger partial charge < -0.3 is 0 Å². The summed E-state index contributed by atoms with van der Waals surface area (Å²) in [5, 5.41) is 1.27. The smallest absolute Gasteiger partial charge is 0.0702 e. The van der Waals surface area contributed by atoms with Gasteiger partial charge in [-0.15, -0.1) is 0 Å². The van der Waals surface area contributed by atoms with Crippen molar-refractivity contribution < 1.29 is 0 Å². The molecule has 1 aliphatic rings. The van der Waals surface area contributed by atoms with Crippen LogP contribution in [-0.4, -0.2) is 4.98 Å². The number of aromatic nitrogens is 1. The van der Waals surface area contributed by atoms with Gasteiger partial charge in [-0.25, -0.2) is 0 Å². The molecule has 0 saturated heterocycles. The predicted molar refractivity (Wildman–Crippen MR) is 67.4 cm³/mol. The minimum absolute atomic E-state index is 0.796. The molecule has 0 N–H and O–H groups in total. The fourth-order valence-electron chi connectivity index (χ4n) is 2.66. The Morgan fingerprint density at radius 1 is 1.25 bits per heavy atom. The first kappa shape index (κ1) is 9.83. The monoisotopic (exact) mass is 211 g/mol. The third-order valence-corrected chi connectivity index (χ3v) is 3.75. The van der Waals surface area contributed by atoms with Crippen molar-refractivity contribution in [1.29, 1.82) is 0 Å². The van der Waals surface area contributed by atoms with E-state index in [1.807, 2.05) is 12.3 Å². The standard InChI is InChI=1S/C15H17N/c1-10(2)13-9-14(13)11-5-6-15-12(8-11)4-3-7-16-15/h3-8,10,13-14H,9H2,1-2H3/t13-,14-/m1/s1. The number of rotatable bonds is 2. The highest BCUT2D eigenvalue weighted by Crippen LogP contribution is 2.51. The summed E-state index contributed by atoms with van der Waals surface area (Å²) < 4.78 is 0. The van der Waals surface area contributed by atoms with E-state index in [0.29, 0.717) is 0 Å². The first-order valence-corrected chi connectivity index (χ1v) is 6.10. The molecule has 1 aromatic carbocycles. The molecule has 1 aliphatic carbocycles. The molecule has 16 heavy (non-hydrogen) atoms. The van der Waals surface area contributed by atoms with Gasteiger partial charge in [0.2, 0.25) is 0 Å². The molecular weight excluding hydrogens is 194 g/mol. The molecule has 2 atom stereocenters. The molecule has 1 aromatic heterocycles. The van der Waals surface area contributed by atoms with E-state index >= 15 is 0 Å². The average molecular weight is 211 g/mol. The highest BCUT2D eigenvalue weighted by atomic mass is 14.6. The van der Waals surface area contributed by atoms with Crippen molar-refractivity contribution in [2.75, 3.05) is 0 Å². The van der Waals surface area contributed by atoms with E-state index in [4.69, 9.17) is 0 Å². The van der Waals surface area contributed by atoms with Crippen LogP contribution >= 0.6 is 0 Å². The lowest BCUT2D eigenvalue weighted by Gasteiger charge is -2.05. The summed E-state index contributed by atoms with van der Waals surface area (Å²) in [7, 11) is 0. The summed E-state index contributed by atoms with van der Waals surface area (Å²) in [4.78, 5) is 4.36. The van der Waals surface area contributed by atoms with Gasteiger partial charge in [0.25, 0.3) is 0 Å². The molecule has 82 valence electrons. The predicted octanol–water partition coefficient (Wildman–Crippen LogP) is 3.99. The Morgan fingerprint density at radius 2 is 2.12 bits per heavy atom. The van der Waals surface area contributed by atoms with Gasteiger partial charge in [-0.1, -0.05) is 26.0 Å². The number of nitrogens with zero attached hydrogens (tertiary/aromatic N) is 1. The van der Waals surface area contributed by atoms with Crippen molar-refractivity contribution in [2.24, 2.45) is 11.8 Å². The Bertz CT molecular complexity index is 516. The van der Waals surface area contributed by atoms with Crippen LogP contribution in [-0.2, 0) is 0 Å². The molecule has 0 spiro atoms. The molecule has 3 rings (SSSR count). The first-order chi connectivity index (χ1) is 7.75. The molecule has 0 aliphatic heterocycles. The van der Waals surface area contributed by atoms with E-state index in [0.717, 1.165) is 23.3 Å². The molecule has 2 aromatic rings. The normalized spacial score (nSPS) is 23.9. The van der Waals surface area contributed by atoms with Crippen LogP contribution in [0.3, 0.4) is 0 Å². The zero-order valence-electron chi connectivity index (χ0n) is 9.85. The van der Waals surface area contributed by atoms with Gasteiger partial charge in [-0.2, -0.15) is 0 Å². The van der Waals surface area contributed by atoms with Crippen molar-refractivity contribution >= 4 is 10.9 Å². The highest BCUT2D eigenvalue weighted by Gasteiger charge is 2.40. The maximum atomic E-state index is 4.36. The van der Waals surface area contributed by atoms with Crippen LogP contribution in [0.5, 0.6) is 0 Å². The van der Waals surface area contributed by atoms with Crippen LogP contribution < -0.4 is 0 Å². The zero-order chi connectivity index (χ0) is 11.1. The summed E-state index contributed by atoms with van der Waals surface area (Å²) in [6.07, 6.45) is 3.22. The summed E-state index contributed by atoms with van der Waals surface area (Å²) in [5.74, 6) is 2.51. The molecular formula is C15H17N. The highest BCUT2D eigenvalue weighted by molar-refractivity contribution is 5.79. The van der Waals surface area contributed by atoms with E-state index in [1.165, 1.54) is 17.4 Å².